The van der Waals surface area contributed by atoms with E-state index >= 15 is 0 Å². The van der Waals surface area contributed by atoms with E-state index in [1.54, 1.807) is 6.07 Å². The van der Waals surface area contributed by atoms with Crippen LogP contribution in [0, 0.1) is 0 Å². The van der Waals surface area contributed by atoms with E-state index in [0.29, 0.717) is 6.54 Å². The first-order valence-corrected chi connectivity index (χ1v) is 4.88. The topological polar surface area (TPSA) is 52.5 Å². The number of hydrogen-bond acceptors (Lipinski definition) is 3. The number of anilines is 1. The average molecular weight is 203 g/mol. The maximum atomic E-state index is 9.75. The molecule has 0 radical (unpaired) electrons. The molecule has 3 heteroatoms. The van der Waals surface area contributed by atoms with Crippen LogP contribution in [0.5, 0.6) is 5.75 Å². The van der Waals surface area contributed by atoms with Crippen molar-refractivity contribution >= 4 is 16.5 Å². The fourth-order valence-electron chi connectivity index (χ4n) is 1.66. The van der Waals surface area contributed by atoms with E-state index in [0.717, 1.165) is 16.5 Å². The highest BCUT2D eigenvalue weighted by Crippen LogP contribution is 2.30. The van der Waals surface area contributed by atoms with Crippen LogP contribution in [0.2, 0.25) is 0 Å². The van der Waals surface area contributed by atoms with Gasteiger partial charge in [0.05, 0.1) is 6.61 Å². The average Bonchev–Trinajstić information content (AvgIpc) is 2.26. The first-order valence-electron chi connectivity index (χ1n) is 4.88. The van der Waals surface area contributed by atoms with Gasteiger partial charge in [-0.2, -0.15) is 0 Å². The van der Waals surface area contributed by atoms with Crippen LogP contribution in [-0.4, -0.2) is 23.4 Å². The summed E-state index contributed by atoms with van der Waals surface area (Å²) in [6.45, 7) is 0.553. The highest BCUT2D eigenvalue weighted by atomic mass is 16.3. The molecule has 0 heterocycles. The highest BCUT2D eigenvalue weighted by Gasteiger charge is 2.03. The zero-order valence-electron chi connectivity index (χ0n) is 8.27. The molecule has 0 aromatic heterocycles. The third-order valence-corrected chi connectivity index (χ3v) is 2.31. The molecule has 0 saturated carbocycles. The van der Waals surface area contributed by atoms with Gasteiger partial charge in [-0.3, -0.25) is 0 Å². The second kappa shape index (κ2) is 4.19. The Morgan fingerprint density at radius 2 is 1.80 bits per heavy atom. The lowest BCUT2D eigenvalue weighted by molar-refractivity contribution is 0.311. The quantitative estimate of drug-likeness (QED) is 0.714. The van der Waals surface area contributed by atoms with E-state index in [-0.39, 0.29) is 12.4 Å². The molecule has 0 aliphatic carbocycles. The molecule has 0 atom stereocenters. The molecular formula is C12H13NO2. The van der Waals surface area contributed by atoms with Gasteiger partial charge in [0.15, 0.2) is 0 Å². The number of aromatic hydroxyl groups is 1. The van der Waals surface area contributed by atoms with Crippen molar-refractivity contribution in [2.75, 3.05) is 18.5 Å². The monoisotopic (exact) mass is 203 g/mol. The van der Waals surface area contributed by atoms with Crippen LogP contribution in [-0.2, 0) is 0 Å². The molecule has 0 aliphatic heterocycles. The molecule has 0 unspecified atom stereocenters. The number of fused-ring (bicyclic) bond motifs is 1. The van der Waals surface area contributed by atoms with E-state index in [2.05, 4.69) is 5.32 Å². The van der Waals surface area contributed by atoms with Crippen LogP contribution >= 0.6 is 0 Å². The fourth-order valence-corrected chi connectivity index (χ4v) is 1.66. The number of hydrogen-bond donors (Lipinski definition) is 3. The third kappa shape index (κ3) is 1.87. The van der Waals surface area contributed by atoms with Gasteiger partial charge in [0.25, 0.3) is 0 Å². The minimum Gasteiger partial charge on any atom is -0.507 e. The van der Waals surface area contributed by atoms with E-state index in [1.807, 2.05) is 30.3 Å². The first-order chi connectivity index (χ1) is 7.33. The molecule has 2 rings (SSSR count). The molecule has 15 heavy (non-hydrogen) atoms. The lowest BCUT2D eigenvalue weighted by atomic mass is 10.1. The fraction of sp³-hybridized carbons (Fsp3) is 0.167. The number of aliphatic hydroxyl groups excluding tert-OH is 1. The summed E-state index contributed by atoms with van der Waals surface area (Å²) in [7, 11) is 0. The Morgan fingerprint density at radius 1 is 1.07 bits per heavy atom. The molecule has 3 N–H and O–H groups in total. The Hall–Kier alpha value is -1.74. The van der Waals surface area contributed by atoms with Gasteiger partial charge >= 0.3 is 0 Å². The Bertz CT molecular complexity index is 463. The van der Waals surface area contributed by atoms with Crippen LogP contribution in [0.4, 0.5) is 5.69 Å². The zero-order chi connectivity index (χ0) is 10.7. The van der Waals surface area contributed by atoms with Gasteiger partial charge in [-0.05, 0) is 17.5 Å². The van der Waals surface area contributed by atoms with Crippen molar-refractivity contribution in [3.8, 4) is 5.75 Å². The molecule has 0 spiro atoms. The van der Waals surface area contributed by atoms with E-state index in [4.69, 9.17) is 5.11 Å². The Kier molecular flexibility index (Phi) is 2.74. The van der Waals surface area contributed by atoms with Crippen LogP contribution in [0.15, 0.2) is 36.4 Å². The van der Waals surface area contributed by atoms with E-state index in [9.17, 15) is 5.11 Å². The number of phenols is 1. The molecule has 0 saturated heterocycles. The predicted octanol–water partition coefficient (Wildman–Crippen LogP) is 1.95. The molecular weight excluding hydrogens is 190 g/mol. The van der Waals surface area contributed by atoms with Crippen molar-refractivity contribution in [2.24, 2.45) is 0 Å². The molecule has 2 aromatic rings. The summed E-state index contributed by atoms with van der Waals surface area (Å²) in [6.07, 6.45) is 0. The summed E-state index contributed by atoms with van der Waals surface area (Å²) >= 11 is 0. The smallest absolute Gasteiger partial charge is 0.125 e. The van der Waals surface area contributed by atoms with Crippen LogP contribution in [0.1, 0.15) is 0 Å². The lowest BCUT2D eigenvalue weighted by Crippen LogP contribution is -2.05. The standard InChI is InChI=1S/C12H13NO2/c14-8-7-13-10-5-1-3-9-4-2-6-11(15)12(9)10/h1-6,13-15H,7-8H2. The summed E-state index contributed by atoms with van der Waals surface area (Å²) in [5.41, 5.74) is 0.847. The summed E-state index contributed by atoms with van der Waals surface area (Å²) in [6, 6.07) is 11.2. The Balaban J connectivity index is 2.53. The van der Waals surface area contributed by atoms with Crippen LogP contribution in [0.25, 0.3) is 10.8 Å². The van der Waals surface area contributed by atoms with E-state index in [1.165, 1.54) is 0 Å². The Labute approximate surface area is 88.0 Å². The number of phenolic OH excluding ortho intramolecular Hbond substituents is 1. The van der Waals surface area contributed by atoms with Crippen molar-refractivity contribution in [1.29, 1.82) is 0 Å². The second-order valence-electron chi connectivity index (χ2n) is 3.33. The van der Waals surface area contributed by atoms with Crippen molar-refractivity contribution in [2.45, 2.75) is 0 Å². The van der Waals surface area contributed by atoms with Crippen molar-refractivity contribution in [3.05, 3.63) is 36.4 Å². The zero-order valence-corrected chi connectivity index (χ0v) is 8.27. The van der Waals surface area contributed by atoms with Gasteiger partial charge in [-0.1, -0.05) is 24.3 Å². The predicted molar refractivity (Wildman–Crippen MR) is 61.2 cm³/mol. The molecule has 3 nitrogen and oxygen atoms in total. The maximum absolute atomic E-state index is 9.75. The van der Waals surface area contributed by atoms with Gasteiger partial charge in [-0.15, -0.1) is 0 Å². The van der Waals surface area contributed by atoms with Crippen molar-refractivity contribution in [3.63, 3.8) is 0 Å². The van der Waals surface area contributed by atoms with Gasteiger partial charge in [0, 0.05) is 17.6 Å². The molecule has 78 valence electrons. The van der Waals surface area contributed by atoms with Crippen molar-refractivity contribution < 1.29 is 10.2 Å². The van der Waals surface area contributed by atoms with Gasteiger partial charge in [0.1, 0.15) is 5.75 Å². The van der Waals surface area contributed by atoms with Crippen LogP contribution in [0.3, 0.4) is 0 Å². The minimum absolute atomic E-state index is 0.0734. The summed E-state index contributed by atoms with van der Waals surface area (Å²) in [4.78, 5) is 0. The summed E-state index contributed by atoms with van der Waals surface area (Å²) in [5.74, 6) is 0.258. The molecule has 0 aliphatic rings. The minimum atomic E-state index is 0.0734. The first kappa shape index (κ1) is 9.80. The number of rotatable bonds is 3. The largest absolute Gasteiger partial charge is 0.507 e. The Morgan fingerprint density at radius 3 is 2.53 bits per heavy atom. The maximum Gasteiger partial charge on any atom is 0.125 e. The lowest BCUT2D eigenvalue weighted by Gasteiger charge is -2.09. The van der Waals surface area contributed by atoms with E-state index < -0.39 is 0 Å². The third-order valence-electron chi connectivity index (χ3n) is 2.31. The van der Waals surface area contributed by atoms with Crippen LogP contribution < -0.4 is 5.32 Å². The normalized spacial score (nSPS) is 10.5. The van der Waals surface area contributed by atoms with Crippen molar-refractivity contribution in [1.82, 2.24) is 0 Å². The van der Waals surface area contributed by atoms with Gasteiger partial charge < -0.3 is 15.5 Å². The van der Waals surface area contributed by atoms with Gasteiger partial charge in [-0.25, -0.2) is 0 Å². The number of nitrogens with one attached hydrogen (secondary N) is 1. The molecule has 0 bridgehead atoms. The summed E-state index contributed by atoms with van der Waals surface area (Å²) < 4.78 is 0. The summed E-state index contributed by atoms with van der Waals surface area (Å²) in [5, 5.41) is 23.3. The highest BCUT2D eigenvalue weighted by molar-refractivity contribution is 5.98. The molecule has 2 aromatic carbocycles. The number of benzene rings is 2. The number of aliphatic hydroxyl groups is 1. The second-order valence-corrected chi connectivity index (χ2v) is 3.33. The SMILES string of the molecule is OCCNc1cccc2cccc(O)c12. The molecule has 0 amide bonds. The van der Waals surface area contributed by atoms with Gasteiger partial charge in [0.2, 0.25) is 0 Å². The molecule has 0 fully saturated rings.